The molecule has 0 spiro atoms. The van der Waals surface area contributed by atoms with Gasteiger partial charge < -0.3 is 29.4 Å². The highest BCUT2D eigenvalue weighted by molar-refractivity contribution is 8.14. The Kier molecular flexibility index (Phi) is 7.79. The number of esters is 1. The molecule has 4 aliphatic rings. The highest BCUT2D eigenvalue weighted by Crippen LogP contribution is 2.37. The Morgan fingerprint density at radius 3 is 2.62 bits per heavy atom. The molecule has 0 aromatic heterocycles. The number of aliphatic hydroxyl groups is 1. The minimum Gasteiger partial charge on any atom is -0.459 e. The smallest absolute Gasteiger partial charge is 0.330 e. The fourth-order valence-electron chi connectivity index (χ4n) is 5.14. The van der Waals surface area contributed by atoms with Crippen LogP contribution in [-0.4, -0.2) is 64.1 Å². The lowest BCUT2D eigenvalue weighted by Crippen LogP contribution is -2.58. The Morgan fingerprint density at radius 1 is 1.09 bits per heavy atom. The van der Waals surface area contributed by atoms with Crippen LogP contribution in [0.2, 0.25) is 0 Å². The summed E-state index contributed by atoms with van der Waals surface area (Å²) in [6, 6.07) is -0.533. The third-order valence-electron chi connectivity index (χ3n) is 6.90. The zero-order valence-electron chi connectivity index (χ0n) is 20.5. The van der Waals surface area contributed by atoms with E-state index in [4.69, 9.17) is 18.9 Å². The molecule has 190 valence electrons. The van der Waals surface area contributed by atoms with Crippen molar-refractivity contribution in [3.63, 3.8) is 0 Å². The maximum Gasteiger partial charge on any atom is 0.330 e. The molecule has 0 saturated carbocycles. The van der Waals surface area contributed by atoms with Gasteiger partial charge in [-0.3, -0.25) is 4.79 Å². The predicted molar refractivity (Wildman–Crippen MR) is 128 cm³/mol. The number of amides is 1. The molecular weight excluding hydrogens is 458 g/mol. The molecule has 2 N–H and O–H groups in total. The quantitative estimate of drug-likeness (QED) is 0.418. The van der Waals surface area contributed by atoms with Gasteiger partial charge in [0.15, 0.2) is 11.6 Å². The molecule has 3 fully saturated rings. The van der Waals surface area contributed by atoms with Crippen LogP contribution < -0.4 is 5.32 Å². The van der Waals surface area contributed by atoms with Crippen molar-refractivity contribution >= 4 is 23.0 Å². The zero-order valence-corrected chi connectivity index (χ0v) is 21.3. The van der Waals surface area contributed by atoms with E-state index in [1.165, 1.54) is 6.08 Å². The van der Waals surface area contributed by atoms with Gasteiger partial charge in [0.25, 0.3) is 5.24 Å². The van der Waals surface area contributed by atoms with E-state index in [2.05, 4.69) is 24.4 Å². The third-order valence-corrected chi connectivity index (χ3v) is 7.78. The molecule has 4 aliphatic heterocycles. The van der Waals surface area contributed by atoms with Crippen molar-refractivity contribution < 1.29 is 33.6 Å². The summed E-state index contributed by atoms with van der Waals surface area (Å²) in [7, 11) is 0. The van der Waals surface area contributed by atoms with Crippen LogP contribution >= 0.6 is 11.8 Å². The van der Waals surface area contributed by atoms with Gasteiger partial charge in [0.1, 0.15) is 12.2 Å². The standard InChI is InChI=1S/C25H37NO7S/c1-15-5-8-17-12-18(13-25(29,31-17)21-14-34-23(28)26-21)30-22(27)11-16(2)7-10-20-19(9-6-15)32-24(3,4)33-20/h6,9,11,15,17-21,29H,5,7-8,10,12-14H2,1-4H3,(H,26,28). The average molecular weight is 496 g/mol. The highest BCUT2D eigenvalue weighted by Gasteiger charge is 2.49. The van der Waals surface area contributed by atoms with Crippen molar-refractivity contribution in [2.45, 2.75) is 108 Å². The summed E-state index contributed by atoms with van der Waals surface area (Å²) in [6.45, 7) is 7.89. The van der Waals surface area contributed by atoms with E-state index < -0.39 is 29.7 Å². The van der Waals surface area contributed by atoms with Crippen molar-refractivity contribution in [1.29, 1.82) is 0 Å². The second kappa shape index (κ2) is 10.3. The molecule has 0 aromatic carbocycles. The molecule has 7 unspecified atom stereocenters. The van der Waals surface area contributed by atoms with E-state index in [0.717, 1.165) is 30.2 Å². The van der Waals surface area contributed by atoms with E-state index in [1.54, 1.807) is 0 Å². The number of hydrogen-bond donors (Lipinski definition) is 2. The van der Waals surface area contributed by atoms with E-state index in [9.17, 15) is 14.7 Å². The fourth-order valence-corrected chi connectivity index (χ4v) is 6.03. The second-order valence-electron chi connectivity index (χ2n) is 10.5. The lowest BCUT2D eigenvalue weighted by Gasteiger charge is -2.43. The Labute approximate surface area is 205 Å². The van der Waals surface area contributed by atoms with Crippen molar-refractivity contribution in [2.75, 3.05) is 5.75 Å². The van der Waals surface area contributed by atoms with Crippen molar-refractivity contribution in [2.24, 2.45) is 5.92 Å². The molecule has 7 atom stereocenters. The number of hydrogen-bond acceptors (Lipinski definition) is 8. The normalized spacial score (nSPS) is 41.4. The lowest BCUT2D eigenvalue weighted by molar-refractivity contribution is -0.283. The zero-order chi connectivity index (χ0) is 24.5. The minimum atomic E-state index is -1.57. The van der Waals surface area contributed by atoms with E-state index >= 15 is 0 Å². The molecule has 0 radical (unpaired) electrons. The number of carbonyl (C=O) groups excluding carboxylic acids is 2. The van der Waals surface area contributed by atoms with Crippen LogP contribution in [0.15, 0.2) is 23.8 Å². The van der Waals surface area contributed by atoms with Crippen molar-refractivity contribution in [1.82, 2.24) is 5.32 Å². The van der Waals surface area contributed by atoms with Crippen molar-refractivity contribution in [3.8, 4) is 0 Å². The van der Waals surface area contributed by atoms with Gasteiger partial charge >= 0.3 is 5.97 Å². The van der Waals surface area contributed by atoms with Gasteiger partial charge in [-0.05, 0) is 52.4 Å². The molecule has 8 nitrogen and oxygen atoms in total. The topological polar surface area (TPSA) is 103 Å². The highest BCUT2D eigenvalue weighted by atomic mass is 32.2. The second-order valence-corrected chi connectivity index (χ2v) is 11.5. The first-order chi connectivity index (χ1) is 16.0. The maximum absolute atomic E-state index is 12.7. The monoisotopic (exact) mass is 495 g/mol. The van der Waals surface area contributed by atoms with E-state index in [-0.39, 0.29) is 35.9 Å². The molecule has 3 saturated heterocycles. The maximum atomic E-state index is 12.7. The molecular formula is C25H37NO7S. The Hall–Kier alpha value is -1.39. The Bertz CT molecular complexity index is 843. The van der Waals surface area contributed by atoms with Gasteiger partial charge in [-0.25, -0.2) is 4.79 Å². The van der Waals surface area contributed by atoms with E-state index in [1.807, 2.05) is 20.8 Å². The molecule has 0 aliphatic carbocycles. The summed E-state index contributed by atoms with van der Waals surface area (Å²) < 4.78 is 24.1. The number of thioether (sulfide) groups is 1. The van der Waals surface area contributed by atoms with Crippen LogP contribution in [0.5, 0.6) is 0 Å². The Balaban J connectivity index is 1.53. The summed E-state index contributed by atoms with van der Waals surface area (Å²) in [4.78, 5) is 24.4. The van der Waals surface area contributed by atoms with Gasteiger partial charge in [0, 0.05) is 24.7 Å². The summed E-state index contributed by atoms with van der Waals surface area (Å²) >= 11 is 1.13. The molecule has 4 rings (SSSR count). The van der Waals surface area contributed by atoms with Gasteiger partial charge in [-0.2, -0.15) is 0 Å². The van der Waals surface area contributed by atoms with Crippen LogP contribution in [0, 0.1) is 5.92 Å². The molecule has 0 aromatic rings. The number of ether oxygens (including phenoxy) is 4. The van der Waals surface area contributed by atoms with Gasteiger partial charge in [-0.1, -0.05) is 36.4 Å². The first-order valence-corrected chi connectivity index (χ1v) is 13.2. The summed E-state index contributed by atoms with van der Waals surface area (Å²) in [5.74, 6) is -1.95. The number of allylic oxidation sites excluding steroid dienone is 2. The number of nitrogens with one attached hydrogen (secondary N) is 1. The van der Waals surface area contributed by atoms with Crippen molar-refractivity contribution in [3.05, 3.63) is 23.8 Å². The van der Waals surface area contributed by atoms with Crippen LogP contribution in [0.25, 0.3) is 0 Å². The largest absolute Gasteiger partial charge is 0.459 e. The number of rotatable bonds is 1. The number of carbonyl (C=O) groups is 2. The SMILES string of the molecule is CC1=CC(=O)OC2CC(CCC(C)C=CC3OC(C)(C)OC3CC1)OC(O)(C1CSC(=O)N1)C2. The predicted octanol–water partition coefficient (Wildman–Crippen LogP) is 3.82. The Morgan fingerprint density at radius 2 is 1.88 bits per heavy atom. The summed E-state index contributed by atoms with van der Waals surface area (Å²) in [6.07, 6.45) is 8.38. The van der Waals surface area contributed by atoms with Gasteiger partial charge in [0.2, 0.25) is 0 Å². The van der Waals surface area contributed by atoms with Crippen LogP contribution in [0.1, 0.15) is 66.2 Å². The molecule has 4 heterocycles. The van der Waals surface area contributed by atoms with Crippen LogP contribution in [-0.2, 0) is 23.7 Å². The molecule has 34 heavy (non-hydrogen) atoms. The lowest BCUT2D eigenvalue weighted by atomic mass is 9.90. The summed E-state index contributed by atoms with van der Waals surface area (Å²) in [5.41, 5.74) is 0.903. The minimum absolute atomic E-state index is 0.0806. The van der Waals surface area contributed by atoms with Gasteiger partial charge in [-0.15, -0.1) is 0 Å². The molecule has 1 amide bonds. The molecule has 9 heteroatoms. The van der Waals surface area contributed by atoms with Crippen LogP contribution in [0.3, 0.4) is 0 Å². The molecule has 2 bridgehead atoms. The van der Waals surface area contributed by atoms with Crippen LogP contribution in [0.4, 0.5) is 4.79 Å². The number of fused-ring (bicyclic) bond motifs is 3. The third kappa shape index (κ3) is 6.43. The average Bonchev–Trinajstić information content (AvgIpc) is 3.30. The van der Waals surface area contributed by atoms with Gasteiger partial charge in [0.05, 0.1) is 18.2 Å². The fraction of sp³-hybridized carbons (Fsp3) is 0.760. The first-order valence-electron chi connectivity index (χ1n) is 12.3. The van der Waals surface area contributed by atoms with E-state index in [0.29, 0.717) is 25.0 Å². The summed E-state index contributed by atoms with van der Waals surface area (Å²) in [5, 5.41) is 13.9. The first kappa shape index (κ1) is 25.7.